The van der Waals surface area contributed by atoms with E-state index in [0.717, 1.165) is 36.5 Å². The lowest BCUT2D eigenvalue weighted by molar-refractivity contribution is 0.0215. The number of aliphatic hydroxyl groups is 1. The van der Waals surface area contributed by atoms with Crippen LogP contribution >= 0.6 is 22.9 Å². The topological polar surface area (TPSA) is 36.4 Å². The van der Waals surface area contributed by atoms with Gasteiger partial charge in [0.25, 0.3) is 0 Å². The minimum Gasteiger partial charge on any atom is -0.393 e. The van der Waals surface area contributed by atoms with Gasteiger partial charge in [-0.3, -0.25) is 4.90 Å². The van der Waals surface area contributed by atoms with Crippen LogP contribution in [0, 0.1) is 5.92 Å². The summed E-state index contributed by atoms with van der Waals surface area (Å²) in [7, 11) is 2.15. The van der Waals surface area contributed by atoms with Crippen molar-refractivity contribution in [2.45, 2.75) is 44.2 Å². The average Bonchev–Trinajstić information content (AvgIpc) is 2.76. The molecule has 3 nitrogen and oxygen atoms in total. The zero-order valence-electron chi connectivity index (χ0n) is 11.0. The van der Waals surface area contributed by atoms with Crippen LogP contribution < -0.4 is 0 Å². The maximum atomic E-state index is 9.34. The highest BCUT2D eigenvalue weighted by Gasteiger charge is 2.30. The van der Waals surface area contributed by atoms with E-state index < -0.39 is 0 Å². The first-order valence-corrected chi connectivity index (χ1v) is 7.94. The number of rotatable bonds is 6. The Kier molecular flexibility index (Phi) is 5.01. The molecule has 0 saturated heterocycles. The lowest BCUT2D eigenvalue weighted by Gasteiger charge is -2.36. The summed E-state index contributed by atoms with van der Waals surface area (Å²) in [5, 5.41) is 12.5. The van der Waals surface area contributed by atoms with E-state index in [-0.39, 0.29) is 6.10 Å². The average molecular weight is 289 g/mol. The van der Waals surface area contributed by atoms with Gasteiger partial charge in [-0.2, -0.15) is 0 Å². The molecule has 0 spiro atoms. The van der Waals surface area contributed by atoms with Gasteiger partial charge in [-0.15, -0.1) is 22.9 Å². The summed E-state index contributed by atoms with van der Waals surface area (Å²) in [5.41, 5.74) is 0.975. The standard InChI is InChI=1S/C13H21ClN2OS/c1-3-12(13-15-10(6-14)8-18-13)16(2)7-9-4-11(17)5-9/h8-9,11-12,17H,3-7H2,1-2H3. The van der Waals surface area contributed by atoms with Crippen LogP contribution in [-0.4, -0.2) is 34.7 Å². The van der Waals surface area contributed by atoms with Crippen LogP contribution in [0.3, 0.4) is 0 Å². The molecular formula is C13H21ClN2OS. The Morgan fingerprint density at radius 2 is 2.33 bits per heavy atom. The van der Waals surface area contributed by atoms with E-state index in [1.54, 1.807) is 11.3 Å². The van der Waals surface area contributed by atoms with E-state index >= 15 is 0 Å². The molecule has 1 heterocycles. The van der Waals surface area contributed by atoms with Crippen LogP contribution in [0.15, 0.2) is 5.38 Å². The second-order valence-corrected chi connectivity index (χ2v) is 6.32. The number of nitrogens with zero attached hydrogens (tertiary/aromatic N) is 2. The van der Waals surface area contributed by atoms with Gasteiger partial charge in [0.2, 0.25) is 0 Å². The van der Waals surface area contributed by atoms with Gasteiger partial charge in [-0.25, -0.2) is 4.98 Å². The van der Waals surface area contributed by atoms with Crippen LogP contribution in [0.1, 0.15) is 42.9 Å². The van der Waals surface area contributed by atoms with Gasteiger partial charge in [-0.1, -0.05) is 6.92 Å². The minimum atomic E-state index is -0.0637. The molecular weight excluding hydrogens is 268 g/mol. The van der Waals surface area contributed by atoms with Gasteiger partial charge < -0.3 is 5.11 Å². The molecule has 1 aromatic heterocycles. The van der Waals surface area contributed by atoms with Crippen molar-refractivity contribution in [1.82, 2.24) is 9.88 Å². The number of thiazole rings is 1. The molecule has 1 aliphatic carbocycles. The van der Waals surface area contributed by atoms with Crippen molar-refractivity contribution < 1.29 is 5.11 Å². The third-order valence-electron chi connectivity index (χ3n) is 3.67. The van der Waals surface area contributed by atoms with Gasteiger partial charge in [0.1, 0.15) is 5.01 Å². The molecule has 5 heteroatoms. The summed E-state index contributed by atoms with van der Waals surface area (Å²) in [5.74, 6) is 1.14. The minimum absolute atomic E-state index is 0.0637. The van der Waals surface area contributed by atoms with E-state index in [4.69, 9.17) is 11.6 Å². The number of alkyl halides is 1. The van der Waals surface area contributed by atoms with Crippen molar-refractivity contribution in [2.75, 3.05) is 13.6 Å². The summed E-state index contributed by atoms with van der Waals surface area (Å²) in [6.07, 6.45) is 2.89. The van der Waals surface area contributed by atoms with Gasteiger partial charge >= 0.3 is 0 Å². The van der Waals surface area contributed by atoms with Crippen molar-refractivity contribution in [3.8, 4) is 0 Å². The van der Waals surface area contributed by atoms with Gasteiger partial charge in [0.15, 0.2) is 0 Å². The van der Waals surface area contributed by atoms with Crippen molar-refractivity contribution in [3.63, 3.8) is 0 Å². The van der Waals surface area contributed by atoms with Crippen LogP contribution in [-0.2, 0) is 5.88 Å². The molecule has 1 atom stereocenters. The molecule has 1 aromatic rings. The monoisotopic (exact) mass is 288 g/mol. The predicted octanol–water partition coefficient (Wildman–Crippen LogP) is 3.04. The summed E-state index contributed by atoms with van der Waals surface area (Å²) < 4.78 is 0. The summed E-state index contributed by atoms with van der Waals surface area (Å²) in [6, 6.07) is 0.379. The fourth-order valence-corrected chi connectivity index (χ4v) is 3.89. The van der Waals surface area contributed by atoms with Gasteiger partial charge in [-0.05, 0) is 32.2 Å². The van der Waals surface area contributed by atoms with Crippen molar-refractivity contribution >= 4 is 22.9 Å². The Balaban J connectivity index is 1.94. The number of halogens is 1. The Labute approximate surface area is 118 Å². The van der Waals surface area contributed by atoms with Crippen LogP contribution in [0.2, 0.25) is 0 Å². The molecule has 1 unspecified atom stereocenters. The third kappa shape index (κ3) is 3.23. The number of aromatic nitrogens is 1. The first-order chi connectivity index (χ1) is 8.63. The molecule has 1 aliphatic rings. The van der Waals surface area contributed by atoms with Crippen molar-refractivity contribution in [1.29, 1.82) is 0 Å². The van der Waals surface area contributed by atoms with Crippen LogP contribution in [0.4, 0.5) is 0 Å². The molecule has 102 valence electrons. The first-order valence-electron chi connectivity index (χ1n) is 6.52. The molecule has 0 bridgehead atoms. The molecule has 0 aliphatic heterocycles. The first kappa shape index (κ1) is 14.3. The second kappa shape index (κ2) is 6.33. The predicted molar refractivity (Wildman–Crippen MR) is 76.1 cm³/mol. The molecule has 0 aromatic carbocycles. The number of hydrogen-bond acceptors (Lipinski definition) is 4. The zero-order valence-corrected chi connectivity index (χ0v) is 12.5. The van der Waals surface area contributed by atoms with E-state index in [1.807, 2.05) is 5.38 Å². The summed E-state index contributed by atoms with van der Waals surface area (Å²) >= 11 is 7.50. The van der Waals surface area contributed by atoms with Gasteiger partial charge in [0, 0.05) is 11.9 Å². The smallest absolute Gasteiger partial charge is 0.110 e. The number of aliphatic hydroxyl groups excluding tert-OH is 1. The quantitative estimate of drug-likeness (QED) is 0.818. The van der Waals surface area contributed by atoms with Gasteiger partial charge in [0.05, 0.1) is 23.7 Å². The lowest BCUT2D eigenvalue weighted by atomic mass is 9.82. The highest BCUT2D eigenvalue weighted by atomic mass is 35.5. The number of hydrogen-bond donors (Lipinski definition) is 1. The second-order valence-electron chi connectivity index (χ2n) is 5.17. The highest BCUT2D eigenvalue weighted by Crippen LogP contribution is 2.32. The van der Waals surface area contributed by atoms with E-state index in [0.29, 0.717) is 17.8 Å². The molecule has 0 amide bonds. The zero-order chi connectivity index (χ0) is 13.1. The van der Waals surface area contributed by atoms with E-state index in [1.165, 1.54) is 0 Å². The van der Waals surface area contributed by atoms with E-state index in [2.05, 4.69) is 23.9 Å². The molecule has 1 fully saturated rings. The fraction of sp³-hybridized carbons (Fsp3) is 0.769. The Morgan fingerprint density at radius 1 is 1.61 bits per heavy atom. The Bertz CT molecular complexity index is 379. The molecule has 2 rings (SSSR count). The third-order valence-corrected chi connectivity index (χ3v) is 4.94. The highest BCUT2D eigenvalue weighted by molar-refractivity contribution is 7.09. The molecule has 1 N–H and O–H groups in total. The largest absolute Gasteiger partial charge is 0.393 e. The fourth-order valence-electron chi connectivity index (χ4n) is 2.60. The van der Waals surface area contributed by atoms with Crippen LogP contribution in [0.5, 0.6) is 0 Å². The normalized spacial score (nSPS) is 25.2. The Hall–Kier alpha value is -0.160. The Morgan fingerprint density at radius 3 is 2.83 bits per heavy atom. The SMILES string of the molecule is CCC(c1nc(CCl)cs1)N(C)CC1CC(O)C1. The summed E-state index contributed by atoms with van der Waals surface area (Å²) in [4.78, 5) is 6.95. The van der Waals surface area contributed by atoms with E-state index in [9.17, 15) is 5.11 Å². The van der Waals surface area contributed by atoms with Crippen molar-refractivity contribution in [3.05, 3.63) is 16.1 Å². The summed E-state index contributed by atoms with van der Waals surface area (Å²) in [6.45, 7) is 3.24. The van der Waals surface area contributed by atoms with Crippen LogP contribution in [0.25, 0.3) is 0 Å². The lowest BCUT2D eigenvalue weighted by Crippen LogP contribution is -2.38. The van der Waals surface area contributed by atoms with Crippen molar-refractivity contribution in [2.24, 2.45) is 5.92 Å². The maximum absolute atomic E-state index is 9.34. The molecule has 18 heavy (non-hydrogen) atoms. The molecule has 0 radical (unpaired) electrons. The maximum Gasteiger partial charge on any atom is 0.110 e. The molecule has 1 saturated carbocycles.